The topological polar surface area (TPSA) is 70.7 Å². The minimum Gasteiger partial charge on any atom is -0.463 e. The van der Waals surface area contributed by atoms with Crippen molar-refractivity contribution in [1.29, 1.82) is 0 Å². The molecular weight excluding hydrogens is 342 g/mol. The molecule has 0 aromatic heterocycles. The molecular formula is C21H29N3O3. The molecule has 2 aliphatic heterocycles. The van der Waals surface area contributed by atoms with E-state index in [-0.39, 0.29) is 12.0 Å². The summed E-state index contributed by atoms with van der Waals surface area (Å²) in [6.07, 6.45) is 2.27. The molecule has 2 amide bonds. The second-order valence-corrected chi connectivity index (χ2v) is 7.51. The molecule has 0 aliphatic carbocycles. The highest BCUT2D eigenvalue weighted by molar-refractivity contribution is 5.95. The van der Waals surface area contributed by atoms with Crippen molar-refractivity contribution in [2.24, 2.45) is 5.92 Å². The van der Waals surface area contributed by atoms with E-state index in [1.54, 1.807) is 6.92 Å². The van der Waals surface area contributed by atoms with Crippen LogP contribution in [0, 0.1) is 12.8 Å². The van der Waals surface area contributed by atoms with Crippen molar-refractivity contribution < 1.29 is 14.3 Å². The van der Waals surface area contributed by atoms with Gasteiger partial charge in [-0.1, -0.05) is 36.8 Å². The van der Waals surface area contributed by atoms with Gasteiger partial charge in [0, 0.05) is 12.2 Å². The number of likely N-dealkylation sites (tertiary alicyclic amines) is 1. The number of piperidine rings is 1. The van der Waals surface area contributed by atoms with Gasteiger partial charge in [0.2, 0.25) is 0 Å². The van der Waals surface area contributed by atoms with Gasteiger partial charge in [0.1, 0.15) is 0 Å². The minimum absolute atomic E-state index is 0.283. The zero-order valence-corrected chi connectivity index (χ0v) is 16.4. The third kappa shape index (κ3) is 4.69. The Bertz CT molecular complexity index is 719. The Balaban J connectivity index is 1.94. The molecule has 1 fully saturated rings. The molecule has 27 heavy (non-hydrogen) atoms. The quantitative estimate of drug-likeness (QED) is 0.781. The first-order chi connectivity index (χ1) is 13.0. The Morgan fingerprint density at radius 3 is 2.52 bits per heavy atom. The summed E-state index contributed by atoms with van der Waals surface area (Å²) in [6, 6.07) is 7.08. The second kappa shape index (κ2) is 8.57. The van der Waals surface area contributed by atoms with Crippen molar-refractivity contribution in [2.75, 3.05) is 26.2 Å². The Labute approximate surface area is 161 Å². The highest BCUT2D eigenvalue weighted by Gasteiger charge is 2.34. The van der Waals surface area contributed by atoms with Gasteiger partial charge < -0.3 is 15.4 Å². The van der Waals surface area contributed by atoms with Crippen molar-refractivity contribution in [1.82, 2.24) is 15.5 Å². The largest absolute Gasteiger partial charge is 0.463 e. The van der Waals surface area contributed by atoms with Gasteiger partial charge in [0.15, 0.2) is 0 Å². The normalized spacial score (nSPS) is 21.6. The van der Waals surface area contributed by atoms with Crippen LogP contribution in [0.5, 0.6) is 0 Å². The third-order valence-electron chi connectivity index (χ3n) is 5.32. The first-order valence-electron chi connectivity index (χ1n) is 9.74. The van der Waals surface area contributed by atoms with E-state index in [0.29, 0.717) is 24.4 Å². The van der Waals surface area contributed by atoms with Crippen LogP contribution >= 0.6 is 0 Å². The zero-order valence-electron chi connectivity index (χ0n) is 16.4. The van der Waals surface area contributed by atoms with E-state index in [2.05, 4.69) is 22.5 Å². The maximum absolute atomic E-state index is 12.8. The van der Waals surface area contributed by atoms with E-state index in [4.69, 9.17) is 4.74 Å². The van der Waals surface area contributed by atoms with Crippen LogP contribution in [0.4, 0.5) is 4.79 Å². The smallest absolute Gasteiger partial charge is 0.338 e. The second-order valence-electron chi connectivity index (χ2n) is 7.51. The van der Waals surface area contributed by atoms with Crippen molar-refractivity contribution in [3.63, 3.8) is 0 Å². The zero-order chi connectivity index (χ0) is 19.4. The van der Waals surface area contributed by atoms with Crippen molar-refractivity contribution in [2.45, 2.75) is 39.7 Å². The van der Waals surface area contributed by atoms with Gasteiger partial charge in [-0.25, -0.2) is 9.59 Å². The Morgan fingerprint density at radius 1 is 1.22 bits per heavy atom. The van der Waals surface area contributed by atoms with Crippen LogP contribution in [-0.2, 0) is 9.53 Å². The number of benzene rings is 1. The maximum Gasteiger partial charge on any atom is 0.338 e. The molecule has 1 saturated heterocycles. The van der Waals surface area contributed by atoms with E-state index < -0.39 is 6.04 Å². The number of amides is 2. The number of rotatable bonds is 5. The minimum atomic E-state index is -0.503. The Kier molecular flexibility index (Phi) is 6.16. The van der Waals surface area contributed by atoms with Crippen LogP contribution in [0.25, 0.3) is 0 Å². The molecule has 6 heteroatoms. The van der Waals surface area contributed by atoms with E-state index in [1.165, 1.54) is 0 Å². The molecule has 0 spiro atoms. The Morgan fingerprint density at radius 2 is 1.89 bits per heavy atom. The lowest BCUT2D eigenvalue weighted by atomic mass is 9.93. The lowest BCUT2D eigenvalue weighted by Crippen LogP contribution is -2.49. The molecule has 0 saturated carbocycles. The molecule has 2 N–H and O–H groups in total. The summed E-state index contributed by atoms with van der Waals surface area (Å²) in [5, 5.41) is 5.75. The van der Waals surface area contributed by atoms with Gasteiger partial charge in [-0.05, 0) is 51.3 Å². The number of urea groups is 1. The fourth-order valence-electron chi connectivity index (χ4n) is 3.65. The molecule has 0 bridgehead atoms. The standard InChI is InChI=1S/C21H29N3O3/c1-4-27-20(25)18-17(13-24-11-9-15(3)10-12-24)22-21(26)23-19(18)16-7-5-14(2)6-8-16/h5-8,15,19H,4,9-13H2,1-3H3,(H2,22,23,26). The SMILES string of the molecule is CCOC(=O)C1=C(CN2CCC(C)CC2)NC(=O)NC1c1ccc(C)cc1. The molecule has 1 unspecified atom stereocenters. The first kappa shape index (κ1) is 19.4. The van der Waals surface area contributed by atoms with Crippen molar-refractivity contribution in [3.8, 4) is 0 Å². The van der Waals surface area contributed by atoms with E-state index >= 15 is 0 Å². The van der Waals surface area contributed by atoms with Crippen LogP contribution < -0.4 is 10.6 Å². The number of nitrogens with one attached hydrogen (secondary N) is 2. The molecule has 6 nitrogen and oxygen atoms in total. The molecule has 2 heterocycles. The number of hydrogen-bond donors (Lipinski definition) is 2. The lowest BCUT2D eigenvalue weighted by Gasteiger charge is -2.34. The van der Waals surface area contributed by atoms with Gasteiger partial charge in [-0.3, -0.25) is 4.90 Å². The summed E-state index contributed by atoms with van der Waals surface area (Å²) < 4.78 is 5.32. The van der Waals surface area contributed by atoms with Gasteiger partial charge in [0.05, 0.1) is 18.2 Å². The van der Waals surface area contributed by atoms with E-state index in [1.807, 2.05) is 31.2 Å². The average molecular weight is 371 g/mol. The Hall–Kier alpha value is -2.34. The molecule has 146 valence electrons. The summed E-state index contributed by atoms with van der Waals surface area (Å²) in [5.41, 5.74) is 3.16. The van der Waals surface area contributed by atoms with Crippen LogP contribution in [0.2, 0.25) is 0 Å². The van der Waals surface area contributed by atoms with E-state index in [9.17, 15) is 9.59 Å². The number of nitrogens with zero attached hydrogens (tertiary/aromatic N) is 1. The molecule has 1 atom stereocenters. The third-order valence-corrected chi connectivity index (χ3v) is 5.32. The highest BCUT2D eigenvalue weighted by Crippen LogP contribution is 2.29. The average Bonchev–Trinajstić information content (AvgIpc) is 2.64. The fourth-order valence-corrected chi connectivity index (χ4v) is 3.65. The number of carbonyl (C=O) groups excluding carboxylic acids is 2. The van der Waals surface area contributed by atoms with Crippen molar-refractivity contribution in [3.05, 3.63) is 46.7 Å². The maximum atomic E-state index is 12.8. The number of ether oxygens (including phenoxy) is 1. The predicted octanol–water partition coefficient (Wildman–Crippen LogP) is 2.90. The van der Waals surface area contributed by atoms with Gasteiger partial charge in [-0.2, -0.15) is 0 Å². The van der Waals surface area contributed by atoms with Crippen LogP contribution in [0.15, 0.2) is 35.5 Å². The van der Waals surface area contributed by atoms with Crippen LogP contribution in [0.3, 0.4) is 0 Å². The number of esters is 1. The van der Waals surface area contributed by atoms with Gasteiger partial charge in [-0.15, -0.1) is 0 Å². The first-order valence-corrected chi connectivity index (χ1v) is 9.74. The summed E-state index contributed by atoms with van der Waals surface area (Å²) in [4.78, 5) is 27.4. The summed E-state index contributed by atoms with van der Waals surface area (Å²) >= 11 is 0. The lowest BCUT2D eigenvalue weighted by molar-refractivity contribution is -0.139. The monoisotopic (exact) mass is 371 g/mol. The molecule has 1 aromatic carbocycles. The number of carbonyl (C=O) groups is 2. The van der Waals surface area contributed by atoms with Crippen LogP contribution in [-0.4, -0.2) is 43.1 Å². The summed E-state index contributed by atoms with van der Waals surface area (Å²) in [6.45, 7) is 8.86. The van der Waals surface area contributed by atoms with E-state index in [0.717, 1.165) is 43.0 Å². The molecule has 1 aromatic rings. The summed E-state index contributed by atoms with van der Waals surface area (Å²) in [7, 11) is 0. The number of hydrogen-bond acceptors (Lipinski definition) is 4. The molecule has 0 radical (unpaired) electrons. The summed E-state index contributed by atoms with van der Waals surface area (Å²) in [5.74, 6) is 0.346. The van der Waals surface area contributed by atoms with Crippen molar-refractivity contribution >= 4 is 12.0 Å². The molecule has 3 rings (SSSR count). The van der Waals surface area contributed by atoms with Crippen LogP contribution in [0.1, 0.15) is 43.9 Å². The predicted molar refractivity (Wildman–Crippen MR) is 104 cm³/mol. The highest BCUT2D eigenvalue weighted by atomic mass is 16.5. The van der Waals surface area contributed by atoms with Gasteiger partial charge >= 0.3 is 12.0 Å². The molecule has 2 aliphatic rings. The fraction of sp³-hybridized carbons (Fsp3) is 0.524. The number of aryl methyl sites for hydroxylation is 1. The van der Waals surface area contributed by atoms with Gasteiger partial charge in [0.25, 0.3) is 0 Å².